The second-order valence-electron chi connectivity index (χ2n) is 6.41. The molecule has 2 atom stereocenters. The molecule has 20 heavy (non-hydrogen) atoms. The first-order valence-electron chi connectivity index (χ1n) is 7.55. The van der Waals surface area contributed by atoms with Gasteiger partial charge in [0.15, 0.2) is 0 Å². The van der Waals surface area contributed by atoms with Gasteiger partial charge in [-0.25, -0.2) is 0 Å². The van der Waals surface area contributed by atoms with Crippen LogP contribution in [0.15, 0.2) is 30.3 Å². The lowest BCUT2D eigenvalue weighted by Crippen LogP contribution is -2.26. The maximum atomic E-state index is 11.7. The lowest BCUT2D eigenvalue weighted by molar-refractivity contribution is -0.145. The standard InChI is InChI=1S/C17H23NO2/c1-20-16(19)15-7-8-17(11-15)9-10-18(13-17)12-14-5-3-2-4-6-14/h2-6,15H,7-13H2,1H3. The molecule has 3 nitrogen and oxygen atoms in total. The lowest BCUT2D eigenvalue weighted by Gasteiger charge is -2.24. The molecule has 1 aromatic rings. The molecular formula is C17H23NO2. The van der Waals surface area contributed by atoms with Gasteiger partial charge in [0.2, 0.25) is 0 Å². The smallest absolute Gasteiger partial charge is 0.308 e. The van der Waals surface area contributed by atoms with E-state index in [1.54, 1.807) is 0 Å². The SMILES string of the molecule is COC(=O)C1CCC2(CCN(Cc3ccccc3)C2)C1. The highest BCUT2D eigenvalue weighted by atomic mass is 16.5. The van der Waals surface area contributed by atoms with E-state index in [0.717, 1.165) is 32.5 Å². The first kappa shape index (κ1) is 13.6. The number of nitrogens with zero attached hydrogens (tertiary/aromatic N) is 1. The summed E-state index contributed by atoms with van der Waals surface area (Å²) >= 11 is 0. The highest BCUT2D eigenvalue weighted by Gasteiger charge is 2.46. The molecule has 2 fully saturated rings. The van der Waals surface area contributed by atoms with Gasteiger partial charge in [-0.05, 0) is 43.2 Å². The molecule has 3 rings (SSSR count). The van der Waals surface area contributed by atoms with E-state index in [-0.39, 0.29) is 11.9 Å². The van der Waals surface area contributed by atoms with Gasteiger partial charge in [-0.1, -0.05) is 30.3 Å². The zero-order chi connectivity index (χ0) is 14.0. The molecule has 0 bridgehead atoms. The van der Waals surface area contributed by atoms with Crippen molar-refractivity contribution in [1.29, 1.82) is 0 Å². The van der Waals surface area contributed by atoms with Crippen molar-refractivity contribution in [2.45, 2.75) is 32.2 Å². The molecular weight excluding hydrogens is 250 g/mol. The van der Waals surface area contributed by atoms with E-state index in [1.807, 2.05) is 0 Å². The quantitative estimate of drug-likeness (QED) is 0.793. The minimum Gasteiger partial charge on any atom is -0.469 e. The Balaban J connectivity index is 1.58. The Bertz CT molecular complexity index is 473. The number of benzene rings is 1. The molecule has 0 N–H and O–H groups in total. The van der Waals surface area contributed by atoms with Crippen LogP contribution >= 0.6 is 0 Å². The number of rotatable bonds is 3. The molecule has 0 amide bonds. The van der Waals surface area contributed by atoms with Gasteiger partial charge in [0.25, 0.3) is 0 Å². The van der Waals surface area contributed by atoms with E-state index in [0.29, 0.717) is 5.41 Å². The number of esters is 1. The molecule has 1 aliphatic carbocycles. The van der Waals surface area contributed by atoms with Crippen LogP contribution < -0.4 is 0 Å². The Morgan fingerprint density at radius 1 is 1.35 bits per heavy atom. The van der Waals surface area contributed by atoms with Crippen molar-refractivity contribution < 1.29 is 9.53 Å². The molecule has 0 aromatic heterocycles. The highest BCUT2D eigenvalue weighted by molar-refractivity contribution is 5.72. The third-order valence-corrected chi connectivity index (χ3v) is 5.00. The fraction of sp³-hybridized carbons (Fsp3) is 0.588. The molecule has 2 unspecified atom stereocenters. The fourth-order valence-electron chi connectivity index (χ4n) is 3.95. The summed E-state index contributed by atoms with van der Waals surface area (Å²) in [5, 5.41) is 0. The number of carbonyl (C=O) groups is 1. The minimum atomic E-state index is -0.0108. The zero-order valence-electron chi connectivity index (χ0n) is 12.2. The van der Waals surface area contributed by atoms with Crippen LogP contribution in [0.1, 0.15) is 31.2 Å². The maximum absolute atomic E-state index is 11.7. The van der Waals surface area contributed by atoms with Gasteiger partial charge in [0.05, 0.1) is 13.0 Å². The molecule has 3 heteroatoms. The van der Waals surface area contributed by atoms with Crippen molar-refractivity contribution in [3.8, 4) is 0 Å². The molecule has 108 valence electrons. The first-order valence-corrected chi connectivity index (χ1v) is 7.55. The predicted molar refractivity (Wildman–Crippen MR) is 78.1 cm³/mol. The molecule has 0 radical (unpaired) electrons. The average Bonchev–Trinajstić information content (AvgIpc) is 3.07. The summed E-state index contributed by atoms with van der Waals surface area (Å²) in [5.41, 5.74) is 1.75. The number of carbonyl (C=O) groups excluding carboxylic acids is 1. The number of ether oxygens (including phenoxy) is 1. The van der Waals surface area contributed by atoms with Crippen molar-refractivity contribution in [1.82, 2.24) is 4.90 Å². The molecule has 1 saturated heterocycles. The topological polar surface area (TPSA) is 29.5 Å². The monoisotopic (exact) mass is 273 g/mol. The summed E-state index contributed by atoms with van der Waals surface area (Å²) in [7, 11) is 1.50. The van der Waals surface area contributed by atoms with E-state index >= 15 is 0 Å². The van der Waals surface area contributed by atoms with E-state index < -0.39 is 0 Å². The number of hydrogen-bond acceptors (Lipinski definition) is 3. The Labute approximate surface area is 120 Å². The zero-order valence-corrected chi connectivity index (χ0v) is 12.2. The van der Waals surface area contributed by atoms with Gasteiger partial charge < -0.3 is 4.74 Å². The normalized spacial score (nSPS) is 29.9. The largest absolute Gasteiger partial charge is 0.469 e. The number of methoxy groups -OCH3 is 1. The van der Waals surface area contributed by atoms with Crippen LogP contribution in [-0.4, -0.2) is 31.1 Å². The molecule has 1 saturated carbocycles. The second-order valence-corrected chi connectivity index (χ2v) is 6.41. The predicted octanol–water partition coefficient (Wildman–Crippen LogP) is 2.85. The summed E-state index contributed by atoms with van der Waals surface area (Å²) in [4.78, 5) is 14.2. The van der Waals surface area contributed by atoms with Gasteiger partial charge in [0.1, 0.15) is 0 Å². The Hall–Kier alpha value is -1.35. The number of likely N-dealkylation sites (tertiary alicyclic amines) is 1. The van der Waals surface area contributed by atoms with Crippen LogP contribution in [0.4, 0.5) is 0 Å². The van der Waals surface area contributed by atoms with Gasteiger partial charge >= 0.3 is 5.97 Å². The molecule has 1 spiro atoms. The van der Waals surface area contributed by atoms with Crippen LogP contribution in [0.25, 0.3) is 0 Å². The first-order chi connectivity index (χ1) is 9.71. The lowest BCUT2D eigenvalue weighted by atomic mass is 9.84. The summed E-state index contributed by atoms with van der Waals surface area (Å²) < 4.78 is 4.91. The number of hydrogen-bond donors (Lipinski definition) is 0. The van der Waals surface area contributed by atoms with Crippen molar-refractivity contribution in [2.24, 2.45) is 11.3 Å². The minimum absolute atomic E-state index is 0.0108. The van der Waals surface area contributed by atoms with Crippen LogP contribution in [0, 0.1) is 11.3 Å². The highest BCUT2D eigenvalue weighted by Crippen LogP contribution is 2.48. The summed E-state index contributed by atoms with van der Waals surface area (Å²) in [6, 6.07) is 10.6. The summed E-state index contributed by atoms with van der Waals surface area (Å²) in [6.45, 7) is 3.32. The third kappa shape index (κ3) is 2.73. The van der Waals surface area contributed by atoms with Crippen molar-refractivity contribution in [3.05, 3.63) is 35.9 Å². The summed E-state index contributed by atoms with van der Waals surface area (Å²) in [6.07, 6.45) is 4.43. The molecule has 1 heterocycles. The van der Waals surface area contributed by atoms with Crippen molar-refractivity contribution >= 4 is 5.97 Å². The van der Waals surface area contributed by atoms with Gasteiger partial charge in [-0.15, -0.1) is 0 Å². The Morgan fingerprint density at radius 2 is 2.15 bits per heavy atom. The van der Waals surface area contributed by atoms with Crippen molar-refractivity contribution in [2.75, 3.05) is 20.2 Å². The second kappa shape index (κ2) is 5.57. The van der Waals surface area contributed by atoms with Gasteiger partial charge in [-0.3, -0.25) is 9.69 Å². The van der Waals surface area contributed by atoms with E-state index in [1.165, 1.54) is 25.5 Å². The van der Waals surface area contributed by atoms with Crippen LogP contribution in [0.5, 0.6) is 0 Å². The molecule has 2 aliphatic rings. The van der Waals surface area contributed by atoms with Crippen LogP contribution in [0.3, 0.4) is 0 Å². The van der Waals surface area contributed by atoms with E-state index in [2.05, 4.69) is 35.2 Å². The molecule has 1 aliphatic heterocycles. The van der Waals surface area contributed by atoms with Gasteiger partial charge in [-0.2, -0.15) is 0 Å². The van der Waals surface area contributed by atoms with Crippen LogP contribution in [0.2, 0.25) is 0 Å². The Kier molecular flexibility index (Phi) is 3.79. The average molecular weight is 273 g/mol. The van der Waals surface area contributed by atoms with E-state index in [4.69, 9.17) is 4.74 Å². The van der Waals surface area contributed by atoms with E-state index in [9.17, 15) is 4.79 Å². The summed E-state index contributed by atoms with van der Waals surface area (Å²) in [5.74, 6) is 0.125. The maximum Gasteiger partial charge on any atom is 0.308 e. The fourth-order valence-corrected chi connectivity index (χ4v) is 3.95. The molecule has 1 aromatic carbocycles. The van der Waals surface area contributed by atoms with Crippen LogP contribution in [-0.2, 0) is 16.1 Å². The third-order valence-electron chi connectivity index (χ3n) is 5.00. The Morgan fingerprint density at radius 3 is 2.90 bits per heavy atom. The van der Waals surface area contributed by atoms with Crippen molar-refractivity contribution in [3.63, 3.8) is 0 Å². The van der Waals surface area contributed by atoms with Gasteiger partial charge in [0, 0.05) is 13.1 Å².